The highest BCUT2D eigenvalue weighted by atomic mass is 32.1. The quantitative estimate of drug-likeness (QED) is 0.640. The van der Waals surface area contributed by atoms with Crippen LogP contribution < -0.4 is 5.32 Å². The Labute approximate surface area is 131 Å². The Hall–Kier alpha value is -1.42. The minimum atomic E-state index is 0.829. The van der Waals surface area contributed by atoms with Gasteiger partial charge in [0.2, 0.25) is 0 Å². The third-order valence-corrected chi connectivity index (χ3v) is 4.30. The van der Waals surface area contributed by atoms with Crippen LogP contribution in [0.3, 0.4) is 0 Å². The number of rotatable bonds is 9. The van der Waals surface area contributed by atoms with Gasteiger partial charge in [-0.2, -0.15) is 0 Å². The van der Waals surface area contributed by atoms with Gasteiger partial charge in [-0.25, -0.2) is 9.97 Å². The largest absolute Gasteiger partial charge is 0.370 e. The number of aromatic nitrogens is 2. The fourth-order valence-corrected chi connectivity index (χ4v) is 2.95. The highest BCUT2D eigenvalue weighted by Crippen LogP contribution is 2.22. The summed E-state index contributed by atoms with van der Waals surface area (Å²) in [6.45, 7) is 5.27. The van der Waals surface area contributed by atoms with Crippen molar-refractivity contribution in [2.45, 2.75) is 52.4 Å². The lowest BCUT2D eigenvalue weighted by molar-refractivity contribution is 0.617. The Morgan fingerprint density at radius 2 is 1.90 bits per heavy atom. The van der Waals surface area contributed by atoms with Gasteiger partial charge in [-0.15, -0.1) is 11.3 Å². The predicted octanol–water partition coefficient (Wildman–Crippen LogP) is 5.29. The Morgan fingerprint density at radius 3 is 2.67 bits per heavy atom. The number of anilines is 1. The zero-order chi connectivity index (χ0) is 14.9. The highest BCUT2D eigenvalue weighted by molar-refractivity contribution is 7.13. The van der Waals surface area contributed by atoms with E-state index in [-0.39, 0.29) is 0 Å². The van der Waals surface area contributed by atoms with Crippen molar-refractivity contribution < 1.29 is 0 Å². The number of nitrogens with zero attached hydrogens (tertiary/aromatic N) is 2. The van der Waals surface area contributed by atoms with Crippen LogP contribution in [0.15, 0.2) is 23.6 Å². The van der Waals surface area contributed by atoms with Gasteiger partial charge in [-0.3, -0.25) is 0 Å². The number of unbranched alkanes of at least 4 members (excludes halogenated alkanes) is 5. The molecule has 0 saturated heterocycles. The van der Waals surface area contributed by atoms with Crippen LogP contribution in [0.2, 0.25) is 0 Å². The third kappa shape index (κ3) is 5.46. The predicted molar refractivity (Wildman–Crippen MR) is 91.9 cm³/mol. The van der Waals surface area contributed by atoms with Gasteiger partial charge in [-0.05, 0) is 24.8 Å². The first-order chi connectivity index (χ1) is 10.3. The average molecular weight is 303 g/mol. The number of aryl methyl sites for hydroxylation is 1. The molecule has 4 heteroatoms. The van der Waals surface area contributed by atoms with Crippen LogP contribution in [0.25, 0.3) is 10.7 Å². The van der Waals surface area contributed by atoms with Crippen LogP contribution in [-0.4, -0.2) is 16.5 Å². The van der Waals surface area contributed by atoms with E-state index in [0.717, 1.165) is 28.8 Å². The molecule has 2 rings (SSSR count). The lowest BCUT2D eigenvalue weighted by Crippen LogP contribution is -2.05. The van der Waals surface area contributed by atoms with Crippen molar-refractivity contribution in [1.82, 2.24) is 9.97 Å². The molecule has 0 saturated carbocycles. The van der Waals surface area contributed by atoms with Gasteiger partial charge < -0.3 is 5.32 Å². The van der Waals surface area contributed by atoms with Crippen molar-refractivity contribution in [2.24, 2.45) is 0 Å². The molecule has 2 aromatic rings. The topological polar surface area (TPSA) is 37.8 Å². The molecule has 0 radical (unpaired) electrons. The van der Waals surface area contributed by atoms with Crippen LogP contribution in [-0.2, 0) is 0 Å². The second kappa shape index (κ2) is 8.78. The Bertz CT molecular complexity index is 523. The van der Waals surface area contributed by atoms with E-state index in [1.165, 1.54) is 38.5 Å². The molecule has 0 fully saturated rings. The Balaban J connectivity index is 1.81. The summed E-state index contributed by atoms with van der Waals surface area (Å²) in [7, 11) is 0. The summed E-state index contributed by atoms with van der Waals surface area (Å²) in [6, 6.07) is 6.13. The van der Waals surface area contributed by atoms with Crippen LogP contribution in [0, 0.1) is 6.92 Å². The van der Waals surface area contributed by atoms with E-state index < -0.39 is 0 Å². The maximum atomic E-state index is 4.61. The normalized spacial score (nSPS) is 10.8. The van der Waals surface area contributed by atoms with E-state index in [9.17, 15) is 0 Å². The fraction of sp³-hybridized carbons (Fsp3) is 0.529. The third-order valence-electron chi connectivity index (χ3n) is 3.43. The Kier molecular flexibility index (Phi) is 6.67. The van der Waals surface area contributed by atoms with Crippen molar-refractivity contribution in [2.75, 3.05) is 11.9 Å². The SMILES string of the molecule is CCCCCCCCNc1cc(C)nc(-c2cccs2)n1. The molecule has 21 heavy (non-hydrogen) atoms. The molecule has 0 bridgehead atoms. The molecule has 2 aromatic heterocycles. The van der Waals surface area contributed by atoms with E-state index in [1.807, 2.05) is 19.1 Å². The van der Waals surface area contributed by atoms with Crippen molar-refractivity contribution in [3.05, 3.63) is 29.3 Å². The summed E-state index contributed by atoms with van der Waals surface area (Å²) in [5.41, 5.74) is 1.01. The first-order valence-electron chi connectivity index (χ1n) is 7.93. The van der Waals surface area contributed by atoms with Crippen molar-refractivity contribution >= 4 is 17.2 Å². The standard InChI is InChI=1S/C17H25N3S/c1-3-4-5-6-7-8-11-18-16-13-14(2)19-17(20-16)15-10-9-12-21-15/h9-10,12-13H,3-8,11H2,1-2H3,(H,18,19,20). The van der Waals surface area contributed by atoms with E-state index in [0.29, 0.717) is 0 Å². The van der Waals surface area contributed by atoms with Crippen LogP contribution in [0.5, 0.6) is 0 Å². The molecule has 0 unspecified atom stereocenters. The molecular formula is C17H25N3S. The molecule has 0 aliphatic carbocycles. The summed E-state index contributed by atoms with van der Waals surface area (Å²) < 4.78 is 0. The molecule has 114 valence electrons. The monoisotopic (exact) mass is 303 g/mol. The average Bonchev–Trinajstić information content (AvgIpc) is 3.00. The molecule has 0 amide bonds. The van der Waals surface area contributed by atoms with Gasteiger partial charge >= 0.3 is 0 Å². The maximum Gasteiger partial charge on any atom is 0.171 e. The van der Waals surface area contributed by atoms with Gasteiger partial charge in [0, 0.05) is 18.3 Å². The van der Waals surface area contributed by atoms with Gasteiger partial charge in [0.15, 0.2) is 5.82 Å². The van der Waals surface area contributed by atoms with Crippen LogP contribution in [0.1, 0.15) is 51.1 Å². The molecule has 0 atom stereocenters. The zero-order valence-electron chi connectivity index (χ0n) is 13.1. The summed E-state index contributed by atoms with van der Waals surface area (Å²) in [4.78, 5) is 10.3. The van der Waals surface area contributed by atoms with Gasteiger partial charge in [-0.1, -0.05) is 45.1 Å². The minimum Gasteiger partial charge on any atom is -0.370 e. The highest BCUT2D eigenvalue weighted by Gasteiger charge is 2.05. The molecule has 3 nitrogen and oxygen atoms in total. The molecule has 2 heterocycles. The zero-order valence-corrected chi connectivity index (χ0v) is 13.9. The second-order valence-corrected chi connectivity index (χ2v) is 6.34. The molecule has 0 spiro atoms. The van der Waals surface area contributed by atoms with Gasteiger partial charge in [0.25, 0.3) is 0 Å². The van der Waals surface area contributed by atoms with Crippen molar-refractivity contribution in [1.29, 1.82) is 0 Å². The van der Waals surface area contributed by atoms with Crippen molar-refractivity contribution in [3.63, 3.8) is 0 Å². The number of hydrogen-bond acceptors (Lipinski definition) is 4. The number of hydrogen-bond donors (Lipinski definition) is 1. The Morgan fingerprint density at radius 1 is 1.10 bits per heavy atom. The molecule has 0 aromatic carbocycles. The summed E-state index contributed by atoms with van der Waals surface area (Å²) >= 11 is 1.68. The minimum absolute atomic E-state index is 0.829. The smallest absolute Gasteiger partial charge is 0.171 e. The summed E-state index contributed by atoms with van der Waals surface area (Å²) in [5, 5.41) is 5.49. The number of nitrogens with one attached hydrogen (secondary N) is 1. The first kappa shape index (κ1) is 16.0. The van der Waals surface area contributed by atoms with Crippen LogP contribution >= 0.6 is 11.3 Å². The molecule has 0 aliphatic heterocycles. The summed E-state index contributed by atoms with van der Waals surface area (Å²) in [6.07, 6.45) is 7.90. The van der Waals surface area contributed by atoms with Crippen molar-refractivity contribution in [3.8, 4) is 10.7 Å². The molecular weight excluding hydrogens is 278 g/mol. The van der Waals surface area contributed by atoms with Crippen LogP contribution in [0.4, 0.5) is 5.82 Å². The van der Waals surface area contributed by atoms with Gasteiger partial charge in [0.05, 0.1) is 4.88 Å². The van der Waals surface area contributed by atoms with E-state index in [1.54, 1.807) is 11.3 Å². The first-order valence-corrected chi connectivity index (χ1v) is 8.81. The maximum absolute atomic E-state index is 4.61. The molecule has 0 aliphatic rings. The van der Waals surface area contributed by atoms with E-state index in [4.69, 9.17) is 0 Å². The summed E-state index contributed by atoms with van der Waals surface area (Å²) in [5.74, 6) is 1.77. The van der Waals surface area contributed by atoms with Gasteiger partial charge in [0.1, 0.15) is 5.82 Å². The lowest BCUT2D eigenvalue weighted by atomic mass is 10.1. The second-order valence-electron chi connectivity index (χ2n) is 5.39. The van der Waals surface area contributed by atoms with E-state index in [2.05, 4.69) is 33.7 Å². The number of thiophene rings is 1. The molecule has 1 N–H and O–H groups in total. The fourth-order valence-electron chi connectivity index (χ4n) is 2.30. The lowest BCUT2D eigenvalue weighted by Gasteiger charge is -2.08. The van der Waals surface area contributed by atoms with E-state index >= 15 is 0 Å².